The second kappa shape index (κ2) is 6.98. The van der Waals surface area contributed by atoms with Crippen molar-refractivity contribution in [3.8, 4) is 11.4 Å². The van der Waals surface area contributed by atoms with E-state index in [1.165, 1.54) is 6.07 Å². The van der Waals surface area contributed by atoms with Gasteiger partial charge in [0.15, 0.2) is 0 Å². The van der Waals surface area contributed by atoms with Gasteiger partial charge in [-0.25, -0.2) is 4.39 Å². The molecule has 0 radical (unpaired) electrons. The van der Waals surface area contributed by atoms with Crippen LogP contribution in [0, 0.1) is 12.7 Å². The molecule has 1 aliphatic heterocycles. The molecule has 21 heavy (non-hydrogen) atoms. The second-order valence-corrected chi connectivity index (χ2v) is 4.88. The van der Waals surface area contributed by atoms with Gasteiger partial charge in [0.05, 0.1) is 19.1 Å². The van der Waals surface area contributed by atoms with E-state index in [-0.39, 0.29) is 24.3 Å². The number of morpholine rings is 1. The zero-order valence-electron chi connectivity index (χ0n) is 11.6. The van der Waals surface area contributed by atoms with Crippen LogP contribution in [0.4, 0.5) is 4.39 Å². The van der Waals surface area contributed by atoms with E-state index in [1.54, 1.807) is 19.1 Å². The van der Waals surface area contributed by atoms with Gasteiger partial charge >= 0.3 is 0 Å². The molecule has 2 heterocycles. The van der Waals surface area contributed by atoms with Crippen molar-refractivity contribution in [1.29, 1.82) is 0 Å². The van der Waals surface area contributed by atoms with E-state index in [1.807, 2.05) is 0 Å². The highest BCUT2D eigenvalue weighted by molar-refractivity contribution is 5.85. The molecule has 2 aromatic rings. The number of aromatic nitrogens is 2. The maximum Gasteiger partial charge on any atom is 0.229 e. The summed E-state index contributed by atoms with van der Waals surface area (Å²) in [5.41, 5.74) is 1.32. The van der Waals surface area contributed by atoms with Gasteiger partial charge < -0.3 is 14.6 Å². The summed E-state index contributed by atoms with van der Waals surface area (Å²) in [7, 11) is 0. The molecule has 1 aliphatic rings. The summed E-state index contributed by atoms with van der Waals surface area (Å²) >= 11 is 0. The Bertz CT molecular complexity index is 600. The van der Waals surface area contributed by atoms with Gasteiger partial charge in [0.2, 0.25) is 11.7 Å². The minimum atomic E-state index is -0.237. The van der Waals surface area contributed by atoms with Crippen molar-refractivity contribution in [1.82, 2.24) is 15.5 Å². The SMILES string of the molecule is Cc1cc(-c2noc(CC3CNCCO3)n2)ccc1F.Cl. The van der Waals surface area contributed by atoms with Crippen LogP contribution in [-0.2, 0) is 11.2 Å². The minimum absolute atomic E-state index is 0. The van der Waals surface area contributed by atoms with E-state index in [2.05, 4.69) is 15.5 Å². The van der Waals surface area contributed by atoms with E-state index < -0.39 is 0 Å². The first-order chi connectivity index (χ1) is 9.72. The zero-order valence-corrected chi connectivity index (χ0v) is 12.5. The van der Waals surface area contributed by atoms with Gasteiger partial charge in [-0.15, -0.1) is 12.4 Å². The number of aryl methyl sites for hydroxylation is 1. The predicted molar refractivity (Wildman–Crippen MR) is 78.0 cm³/mol. The van der Waals surface area contributed by atoms with Crippen molar-refractivity contribution in [3.63, 3.8) is 0 Å². The van der Waals surface area contributed by atoms with E-state index in [4.69, 9.17) is 9.26 Å². The number of nitrogens with one attached hydrogen (secondary N) is 1. The summed E-state index contributed by atoms with van der Waals surface area (Å²) in [6.45, 7) is 4.07. The number of benzene rings is 1. The molecule has 1 atom stereocenters. The number of ether oxygens (including phenoxy) is 1. The van der Waals surface area contributed by atoms with Crippen molar-refractivity contribution in [3.05, 3.63) is 35.5 Å². The first-order valence-corrected chi connectivity index (χ1v) is 6.64. The average Bonchev–Trinajstić information content (AvgIpc) is 2.91. The van der Waals surface area contributed by atoms with Crippen LogP contribution < -0.4 is 5.32 Å². The van der Waals surface area contributed by atoms with Crippen LogP contribution >= 0.6 is 12.4 Å². The van der Waals surface area contributed by atoms with Crippen LogP contribution in [0.2, 0.25) is 0 Å². The first-order valence-electron chi connectivity index (χ1n) is 6.64. The highest BCUT2D eigenvalue weighted by atomic mass is 35.5. The number of hydrogen-bond acceptors (Lipinski definition) is 5. The lowest BCUT2D eigenvalue weighted by Crippen LogP contribution is -2.39. The molecule has 0 saturated carbocycles. The van der Waals surface area contributed by atoms with Crippen molar-refractivity contribution < 1.29 is 13.7 Å². The molecule has 5 nitrogen and oxygen atoms in total. The highest BCUT2D eigenvalue weighted by Gasteiger charge is 2.18. The number of halogens is 2. The molecule has 1 saturated heterocycles. The molecular formula is C14H17ClFN3O2. The molecule has 7 heteroatoms. The lowest BCUT2D eigenvalue weighted by molar-refractivity contribution is 0.0246. The maximum absolute atomic E-state index is 13.2. The molecule has 1 N–H and O–H groups in total. The summed E-state index contributed by atoms with van der Waals surface area (Å²) < 4.78 is 24.1. The summed E-state index contributed by atoms with van der Waals surface area (Å²) in [6.07, 6.45) is 0.646. The molecule has 114 valence electrons. The summed E-state index contributed by atoms with van der Waals surface area (Å²) in [6, 6.07) is 4.77. The molecule has 0 spiro atoms. The Labute approximate surface area is 128 Å². The predicted octanol–water partition coefficient (Wildman–Crippen LogP) is 2.14. The first kappa shape index (κ1) is 15.9. The van der Waals surface area contributed by atoms with Crippen LogP contribution in [0.5, 0.6) is 0 Å². The van der Waals surface area contributed by atoms with Crippen molar-refractivity contribution in [2.75, 3.05) is 19.7 Å². The summed E-state index contributed by atoms with van der Waals surface area (Å²) in [5.74, 6) is 0.779. The van der Waals surface area contributed by atoms with Gasteiger partial charge in [-0.2, -0.15) is 4.98 Å². The van der Waals surface area contributed by atoms with Gasteiger partial charge in [-0.1, -0.05) is 5.16 Å². The molecule has 0 bridgehead atoms. The smallest absolute Gasteiger partial charge is 0.229 e. The number of hydrogen-bond donors (Lipinski definition) is 1. The van der Waals surface area contributed by atoms with E-state index in [9.17, 15) is 4.39 Å². The summed E-state index contributed by atoms with van der Waals surface area (Å²) in [4.78, 5) is 4.34. The Balaban J connectivity index is 0.00000161. The van der Waals surface area contributed by atoms with Gasteiger partial charge in [0.25, 0.3) is 0 Å². The van der Waals surface area contributed by atoms with E-state index in [0.717, 1.165) is 18.7 Å². The summed E-state index contributed by atoms with van der Waals surface area (Å²) in [5, 5.41) is 7.19. The highest BCUT2D eigenvalue weighted by Crippen LogP contribution is 2.19. The fourth-order valence-corrected chi connectivity index (χ4v) is 2.18. The Hall–Kier alpha value is -1.50. The third-order valence-corrected chi connectivity index (χ3v) is 3.29. The Kier molecular flexibility index (Phi) is 5.27. The lowest BCUT2D eigenvalue weighted by atomic mass is 10.1. The largest absolute Gasteiger partial charge is 0.375 e. The Morgan fingerprint density at radius 3 is 3.00 bits per heavy atom. The van der Waals surface area contributed by atoms with Gasteiger partial charge in [-0.3, -0.25) is 0 Å². The van der Waals surface area contributed by atoms with Crippen molar-refractivity contribution in [2.24, 2.45) is 0 Å². The van der Waals surface area contributed by atoms with Crippen molar-refractivity contribution >= 4 is 12.4 Å². The fourth-order valence-electron chi connectivity index (χ4n) is 2.18. The molecule has 0 amide bonds. The molecule has 3 rings (SSSR count). The average molecular weight is 314 g/mol. The van der Waals surface area contributed by atoms with Crippen molar-refractivity contribution in [2.45, 2.75) is 19.4 Å². The lowest BCUT2D eigenvalue weighted by Gasteiger charge is -2.21. The van der Waals surface area contributed by atoms with E-state index >= 15 is 0 Å². The molecule has 1 aromatic heterocycles. The second-order valence-electron chi connectivity index (χ2n) is 4.88. The third kappa shape index (κ3) is 3.78. The third-order valence-electron chi connectivity index (χ3n) is 3.29. The van der Waals surface area contributed by atoms with Crippen LogP contribution in [0.25, 0.3) is 11.4 Å². The molecule has 1 unspecified atom stereocenters. The molecule has 1 fully saturated rings. The van der Waals surface area contributed by atoms with Crippen LogP contribution in [0.1, 0.15) is 11.5 Å². The topological polar surface area (TPSA) is 60.2 Å². The van der Waals surface area contributed by atoms with Crippen LogP contribution in [0.15, 0.2) is 22.7 Å². The quantitative estimate of drug-likeness (QED) is 0.940. The fraction of sp³-hybridized carbons (Fsp3) is 0.429. The molecular weight excluding hydrogens is 297 g/mol. The number of nitrogens with zero attached hydrogens (tertiary/aromatic N) is 2. The van der Waals surface area contributed by atoms with Gasteiger partial charge in [-0.05, 0) is 30.7 Å². The monoisotopic (exact) mass is 313 g/mol. The maximum atomic E-state index is 13.2. The van der Waals surface area contributed by atoms with Crippen LogP contribution in [-0.4, -0.2) is 35.9 Å². The minimum Gasteiger partial charge on any atom is -0.375 e. The Morgan fingerprint density at radius 1 is 1.43 bits per heavy atom. The van der Waals surface area contributed by atoms with Crippen LogP contribution in [0.3, 0.4) is 0 Å². The zero-order chi connectivity index (χ0) is 13.9. The standard InChI is InChI=1S/C14H16FN3O2.ClH/c1-9-6-10(2-3-12(9)15)14-17-13(20-18-14)7-11-8-16-4-5-19-11;/h2-3,6,11,16H,4-5,7-8H2,1H3;1H. The molecule has 1 aromatic carbocycles. The Morgan fingerprint density at radius 2 is 2.29 bits per heavy atom. The normalized spacial score (nSPS) is 18.3. The van der Waals surface area contributed by atoms with Gasteiger partial charge in [0, 0.05) is 18.7 Å². The number of rotatable bonds is 3. The van der Waals surface area contributed by atoms with E-state index in [0.29, 0.717) is 30.3 Å². The van der Waals surface area contributed by atoms with Gasteiger partial charge in [0.1, 0.15) is 5.82 Å². The molecule has 0 aliphatic carbocycles.